The number of carbonyl (C=O) groups excluding carboxylic acids is 3. The Morgan fingerprint density at radius 3 is 2.86 bits per heavy atom. The molecule has 1 aromatic carbocycles. The lowest BCUT2D eigenvalue weighted by atomic mass is 9.80. The first-order valence-corrected chi connectivity index (χ1v) is 8.88. The number of nitro benzene ring substituents is 1. The number of benzene rings is 1. The summed E-state index contributed by atoms with van der Waals surface area (Å²) < 4.78 is 15.4. The lowest BCUT2D eigenvalue weighted by Crippen LogP contribution is -2.35. The van der Waals surface area contributed by atoms with Crippen molar-refractivity contribution in [2.45, 2.75) is 18.9 Å². The van der Waals surface area contributed by atoms with Gasteiger partial charge in [-0.15, -0.1) is 0 Å². The number of hydrogen-bond acceptors (Lipinski definition) is 8. The summed E-state index contributed by atoms with van der Waals surface area (Å²) >= 11 is 0. The summed E-state index contributed by atoms with van der Waals surface area (Å²) in [7, 11) is 1.39. The molecular formula is C18H18N2O8. The molecule has 1 N–H and O–H groups in total. The molecule has 0 unspecified atom stereocenters. The summed E-state index contributed by atoms with van der Waals surface area (Å²) in [6, 6.07) is 3.91. The number of nitrogens with one attached hydrogen (secondary N) is 1. The topological polar surface area (TPSA) is 134 Å². The van der Waals surface area contributed by atoms with E-state index in [2.05, 4.69) is 5.32 Å². The fourth-order valence-electron chi connectivity index (χ4n) is 4.65. The smallest absolute Gasteiger partial charge is 0.310 e. The number of anilines is 1. The van der Waals surface area contributed by atoms with E-state index in [0.717, 1.165) is 6.42 Å². The Kier molecular flexibility index (Phi) is 4.40. The zero-order valence-corrected chi connectivity index (χ0v) is 15.0. The number of rotatable bonds is 6. The molecule has 1 saturated heterocycles. The van der Waals surface area contributed by atoms with Crippen LogP contribution in [-0.2, 0) is 23.9 Å². The highest BCUT2D eigenvalue weighted by atomic mass is 16.6. The quantitative estimate of drug-likeness (QED) is 0.436. The predicted octanol–water partition coefficient (Wildman–Crippen LogP) is 1.28. The van der Waals surface area contributed by atoms with Gasteiger partial charge in [0, 0.05) is 18.1 Å². The number of methoxy groups -OCH3 is 1. The summed E-state index contributed by atoms with van der Waals surface area (Å²) in [5.74, 6) is -2.36. The van der Waals surface area contributed by atoms with Crippen LogP contribution in [0.4, 0.5) is 11.4 Å². The first kappa shape index (κ1) is 18.2. The van der Waals surface area contributed by atoms with E-state index < -0.39 is 35.2 Å². The summed E-state index contributed by atoms with van der Waals surface area (Å²) in [4.78, 5) is 47.0. The van der Waals surface area contributed by atoms with Crippen LogP contribution < -0.4 is 10.1 Å². The molecule has 1 heterocycles. The van der Waals surface area contributed by atoms with Gasteiger partial charge in [-0.3, -0.25) is 24.5 Å². The van der Waals surface area contributed by atoms with Crippen molar-refractivity contribution in [3.05, 3.63) is 28.3 Å². The van der Waals surface area contributed by atoms with Crippen LogP contribution in [0, 0.1) is 33.8 Å². The monoisotopic (exact) mass is 390 g/mol. The Hall–Kier alpha value is -3.17. The number of ether oxygens (including phenoxy) is 3. The third kappa shape index (κ3) is 2.94. The number of nitrogens with zero attached hydrogens (tertiary/aromatic N) is 1. The Balaban J connectivity index is 1.38. The Morgan fingerprint density at radius 2 is 2.14 bits per heavy atom. The predicted molar refractivity (Wildman–Crippen MR) is 92.3 cm³/mol. The number of esters is 2. The van der Waals surface area contributed by atoms with E-state index in [-0.39, 0.29) is 35.3 Å². The van der Waals surface area contributed by atoms with Gasteiger partial charge < -0.3 is 19.5 Å². The molecule has 1 amide bonds. The van der Waals surface area contributed by atoms with Crippen LogP contribution in [0.3, 0.4) is 0 Å². The molecule has 2 bridgehead atoms. The molecule has 10 heteroatoms. The van der Waals surface area contributed by atoms with E-state index >= 15 is 0 Å². The van der Waals surface area contributed by atoms with E-state index in [0.29, 0.717) is 12.2 Å². The van der Waals surface area contributed by atoms with Crippen molar-refractivity contribution in [2.75, 3.05) is 19.0 Å². The highest BCUT2D eigenvalue weighted by molar-refractivity contribution is 5.95. The molecule has 2 saturated carbocycles. The first-order chi connectivity index (χ1) is 13.4. The largest absolute Gasteiger partial charge is 0.497 e. The summed E-state index contributed by atoms with van der Waals surface area (Å²) in [5.41, 5.74) is -0.374. The van der Waals surface area contributed by atoms with Crippen LogP contribution in [0.15, 0.2) is 18.2 Å². The minimum Gasteiger partial charge on any atom is -0.497 e. The number of carbonyl (C=O) groups is 3. The first-order valence-electron chi connectivity index (χ1n) is 8.88. The number of amides is 1. The Bertz CT molecular complexity index is 867. The molecule has 28 heavy (non-hydrogen) atoms. The SMILES string of the molecule is COc1ccc([N+](=O)[O-])c(NC(=O)COC(=O)[C@@H]2[C@@H]3C[C@@H]4[C@@H]2C(=O)O[C@H]4C3)c1. The van der Waals surface area contributed by atoms with Crippen molar-refractivity contribution >= 4 is 29.2 Å². The average molecular weight is 390 g/mol. The highest BCUT2D eigenvalue weighted by Crippen LogP contribution is 2.57. The molecule has 0 spiro atoms. The molecule has 2 aliphatic carbocycles. The Morgan fingerprint density at radius 1 is 1.36 bits per heavy atom. The van der Waals surface area contributed by atoms with Gasteiger partial charge in [0.25, 0.3) is 11.6 Å². The molecule has 3 aliphatic rings. The second-order valence-electron chi connectivity index (χ2n) is 7.22. The van der Waals surface area contributed by atoms with Crippen LogP contribution in [0.25, 0.3) is 0 Å². The van der Waals surface area contributed by atoms with E-state index in [1.54, 1.807) is 0 Å². The van der Waals surface area contributed by atoms with Crippen LogP contribution in [-0.4, -0.2) is 42.6 Å². The maximum absolute atomic E-state index is 12.5. The lowest BCUT2D eigenvalue weighted by Gasteiger charge is -2.22. The molecule has 10 nitrogen and oxygen atoms in total. The lowest BCUT2D eigenvalue weighted by molar-refractivity contribution is -0.383. The van der Waals surface area contributed by atoms with Gasteiger partial charge >= 0.3 is 11.9 Å². The summed E-state index contributed by atoms with van der Waals surface area (Å²) in [5, 5.41) is 13.5. The van der Waals surface area contributed by atoms with Crippen molar-refractivity contribution in [1.82, 2.24) is 0 Å². The third-order valence-corrected chi connectivity index (χ3v) is 5.78. The third-order valence-electron chi connectivity index (χ3n) is 5.78. The fourth-order valence-corrected chi connectivity index (χ4v) is 4.65. The van der Waals surface area contributed by atoms with Crippen LogP contribution >= 0.6 is 0 Å². The van der Waals surface area contributed by atoms with Crippen molar-refractivity contribution in [3.8, 4) is 5.75 Å². The molecule has 5 atom stereocenters. The van der Waals surface area contributed by atoms with Crippen LogP contribution in [0.5, 0.6) is 5.75 Å². The minimum atomic E-state index is -0.722. The van der Waals surface area contributed by atoms with Gasteiger partial charge in [-0.25, -0.2) is 0 Å². The molecule has 1 aromatic rings. The maximum atomic E-state index is 12.5. The van der Waals surface area contributed by atoms with E-state index in [9.17, 15) is 24.5 Å². The highest BCUT2D eigenvalue weighted by Gasteiger charge is 2.64. The van der Waals surface area contributed by atoms with E-state index in [4.69, 9.17) is 14.2 Å². The molecular weight excluding hydrogens is 372 g/mol. The Labute approximate surface area is 159 Å². The molecule has 148 valence electrons. The fraction of sp³-hybridized carbons (Fsp3) is 0.500. The zero-order valence-electron chi connectivity index (χ0n) is 15.0. The van der Waals surface area contributed by atoms with E-state index in [1.165, 1.54) is 25.3 Å². The van der Waals surface area contributed by atoms with Gasteiger partial charge in [0.2, 0.25) is 0 Å². The average Bonchev–Trinajstić information content (AvgIpc) is 3.28. The second-order valence-corrected chi connectivity index (χ2v) is 7.22. The molecule has 1 aliphatic heterocycles. The minimum absolute atomic E-state index is 0.0292. The van der Waals surface area contributed by atoms with Crippen LogP contribution in [0.2, 0.25) is 0 Å². The van der Waals surface area contributed by atoms with Crippen molar-refractivity contribution in [3.63, 3.8) is 0 Å². The number of nitro groups is 1. The van der Waals surface area contributed by atoms with Gasteiger partial charge in [-0.05, 0) is 24.8 Å². The normalized spacial score (nSPS) is 29.3. The second kappa shape index (κ2) is 6.77. The number of fused-ring (bicyclic) bond motifs is 1. The standard InChI is InChI=1S/C18H18N2O8/c1-26-9-2-3-12(20(24)25)11(6-9)19-14(21)7-27-17(22)15-8-4-10-13(5-8)28-18(23)16(10)15/h2-3,6,8,10,13,15-16H,4-5,7H2,1H3,(H,19,21)/t8-,10+,13+,15-,16+/m1/s1. The van der Waals surface area contributed by atoms with Gasteiger partial charge in [-0.1, -0.05) is 0 Å². The van der Waals surface area contributed by atoms with Gasteiger partial charge in [0.1, 0.15) is 17.5 Å². The van der Waals surface area contributed by atoms with Crippen LogP contribution in [0.1, 0.15) is 12.8 Å². The van der Waals surface area contributed by atoms with Crippen molar-refractivity contribution < 1.29 is 33.5 Å². The van der Waals surface area contributed by atoms with Gasteiger partial charge in [0.05, 0.1) is 23.9 Å². The molecule has 4 rings (SSSR count). The zero-order chi connectivity index (χ0) is 20.0. The van der Waals surface area contributed by atoms with Gasteiger partial charge in [-0.2, -0.15) is 0 Å². The van der Waals surface area contributed by atoms with Crippen molar-refractivity contribution in [1.29, 1.82) is 0 Å². The summed E-state index contributed by atoms with van der Waals surface area (Å²) in [6.07, 6.45) is 1.31. The molecule has 0 aromatic heterocycles. The molecule has 0 radical (unpaired) electrons. The number of hydrogen-bond donors (Lipinski definition) is 1. The maximum Gasteiger partial charge on any atom is 0.310 e. The van der Waals surface area contributed by atoms with Crippen molar-refractivity contribution in [2.24, 2.45) is 23.7 Å². The molecule has 3 fully saturated rings. The van der Waals surface area contributed by atoms with Gasteiger partial charge in [0.15, 0.2) is 6.61 Å². The summed E-state index contributed by atoms with van der Waals surface area (Å²) in [6.45, 7) is -0.605. The van der Waals surface area contributed by atoms with E-state index in [1.807, 2.05) is 0 Å².